The summed E-state index contributed by atoms with van der Waals surface area (Å²) in [5.74, 6) is -0.735. The maximum atomic E-state index is 13.1. The van der Waals surface area contributed by atoms with E-state index in [1.165, 1.54) is 18.2 Å². The Labute approximate surface area is 125 Å². The second-order valence-electron chi connectivity index (χ2n) is 4.40. The van der Waals surface area contributed by atoms with Gasteiger partial charge in [-0.1, -0.05) is 23.7 Å². The van der Waals surface area contributed by atoms with Gasteiger partial charge in [0.25, 0.3) is 0 Å². The van der Waals surface area contributed by atoms with Crippen molar-refractivity contribution in [1.82, 2.24) is 0 Å². The highest BCUT2D eigenvalue weighted by Crippen LogP contribution is 2.20. The Morgan fingerprint density at radius 3 is 2.62 bits per heavy atom. The molecule has 5 heteroatoms. The predicted molar refractivity (Wildman–Crippen MR) is 78.5 cm³/mol. The number of aliphatic imine (C=N–C) groups is 1. The van der Waals surface area contributed by atoms with E-state index in [1.807, 2.05) is 0 Å². The molecule has 21 heavy (non-hydrogen) atoms. The van der Waals surface area contributed by atoms with E-state index >= 15 is 0 Å². The first kappa shape index (κ1) is 13.5. The van der Waals surface area contributed by atoms with Crippen LogP contribution in [0.25, 0.3) is 6.08 Å². The fourth-order valence-electron chi connectivity index (χ4n) is 1.88. The van der Waals surface area contributed by atoms with Gasteiger partial charge < -0.3 is 4.74 Å². The molecule has 3 nitrogen and oxygen atoms in total. The number of nitrogens with zero attached hydrogens (tertiary/aromatic N) is 1. The van der Waals surface area contributed by atoms with Crippen LogP contribution < -0.4 is 0 Å². The van der Waals surface area contributed by atoms with E-state index in [0.717, 1.165) is 0 Å². The summed E-state index contributed by atoms with van der Waals surface area (Å²) in [6.45, 7) is 0. The van der Waals surface area contributed by atoms with Crippen molar-refractivity contribution in [2.45, 2.75) is 0 Å². The number of benzene rings is 2. The number of halogens is 2. The number of carbonyl (C=O) groups is 1. The van der Waals surface area contributed by atoms with Crippen LogP contribution in [-0.2, 0) is 9.53 Å². The van der Waals surface area contributed by atoms with Crippen LogP contribution in [0.3, 0.4) is 0 Å². The Bertz CT molecular complexity index is 766. The summed E-state index contributed by atoms with van der Waals surface area (Å²) < 4.78 is 18.2. The molecule has 0 saturated heterocycles. The Morgan fingerprint density at radius 1 is 1.14 bits per heavy atom. The summed E-state index contributed by atoms with van der Waals surface area (Å²) in [6.07, 6.45) is 1.48. The quantitative estimate of drug-likeness (QED) is 0.625. The number of cyclic esters (lactones) is 1. The topological polar surface area (TPSA) is 38.7 Å². The van der Waals surface area contributed by atoms with Crippen molar-refractivity contribution in [2.24, 2.45) is 4.99 Å². The Hall–Kier alpha value is -2.46. The zero-order valence-corrected chi connectivity index (χ0v) is 11.5. The molecule has 0 spiro atoms. The second-order valence-corrected chi connectivity index (χ2v) is 4.83. The molecule has 2 aromatic rings. The minimum Gasteiger partial charge on any atom is -0.402 e. The monoisotopic (exact) mass is 301 g/mol. The van der Waals surface area contributed by atoms with E-state index in [9.17, 15) is 9.18 Å². The first-order chi connectivity index (χ1) is 10.1. The highest BCUT2D eigenvalue weighted by Gasteiger charge is 2.24. The molecule has 0 bridgehead atoms. The summed E-state index contributed by atoms with van der Waals surface area (Å²) in [6, 6.07) is 12.7. The van der Waals surface area contributed by atoms with Gasteiger partial charge in [0, 0.05) is 10.6 Å². The molecule has 1 heterocycles. The molecule has 0 saturated carbocycles. The van der Waals surface area contributed by atoms with E-state index in [4.69, 9.17) is 16.3 Å². The molecule has 104 valence electrons. The third kappa shape index (κ3) is 3.01. The average Bonchev–Trinajstić information content (AvgIpc) is 2.81. The van der Waals surface area contributed by atoms with Gasteiger partial charge in [0.1, 0.15) is 5.82 Å². The van der Waals surface area contributed by atoms with Gasteiger partial charge in [0.05, 0.1) is 0 Å². The fraction of sp³-hybridized carbons (Fsp3) is 0. The van der Waals surface area contributed by atoms with Crippen LogP contribution in [0.5, 0.6) is 0 Å². The number of esters is 1. The first-order valence-corrected chi connectivity index (χ1v) is 6.54. The molecule has 1 aliphatic heterocycles. The summed E-state index contributed by atoms with van der Waals surface area (Å²) in [7, 11) is 0. The van der Waals surface area contributed by atoms with Gasteiger partial charge in [-0.15, -0.1) is 0 Å². The maximum Gasteiger partial charge on any atom is 0.363 e. The summed E-state index contributed by atoms with van der Waals surface area (Å²) in [4.78, 5) is 15.9. The molecule has 0 radical (unpaired) electrons. The van der Waals surface area contributed by atoms with E-state index in [1.54, 1.807) is 36.4 Å². The van der Waals surface area contributed by atoms with Crippen LogP contribution in [0, 0.1) is 5.82 Å². The van der Waals surface area contributed by atoms with Crippen molar-refractivity contribution in [3.05, 3.63) is 76.2 Å². The molecule has 0 unspecified atom stereocenters. The van der Waals surface area contributed by atoms with Gasteiger partial charge in [-0.25, -0.2) is 14.2 Å². The smallest absolute Gasteiger partial charge is 0.363 e. The van der Waals surface area contributed by atoms with Crippen molar-refractivity contribution < 1.29 is 13.9 Å². The number of hydrogen-bond donors (Lipinski definition) is 0. The first-order valence-electron chi connectivity index (χ1n) is 6.16. The highest BCUT2D eigenvalue weighted by atomic mass is 35.5. The van der Waals surface area contributed by atoms with Crippen LogP contribution >= 0.6 is 11.6 Å². The Morgan fingerprint density at radius 2 is 1.90 bits per heavy atom. The molecular weight excluding hydrogens is 293 g/mol. The lowest BCUT2D eigenvalue weighted by Gasteiger charge is -1.98. The Balaban J connectivity index is 1.93. The van der Waals surface area contributed by atoms with Gasteiger partial charge in [-0.3, -0.25) is 0 Å². The number of ether oxygens (including phenoxy) is 1. The van der Waals surface area contributed by atoms with Gasteiger partial charge in [-0.05, 0) is 48.0 Å². The van der Waals surface area contributed by atoms with Crippen LogP contribution in [-0.4, -0.2) is 11.9 Å². The summed E-state index contributed by atoms with van der Waals surface area (Å²) >= 11 is 5.80. The zero-order chi connectivity index (χ0) is 14.8. The van der Waals surface area contributed by atoms with Gasteiger partial charge >= 0.3 is 5.97 Å². The van der Waals surface area contributed by atoms with E-state index in [-0.39, 0.29) is 17.4 Å². The third-order valence-corrected chi connectivity index (χ3v) is 3.12. The van der Waals surface area contributed by atoms with Crippen LogP contribution in [0.4, 0.5) is 4.39 Å². The minimum atomic E-state index is -0.566. The predicted octanol–water partition coefficient (Wildman–Crippen LogP) is 3.82. The van der Waals surface area contributed by atoms with Crippen LogP contribution in [0.2, 0.25) is 5.02 Å². The van der Waals surface area contributed by atoms with Gasteiger partial charge in [0.2, 0.25) is 5.90 Å². The van der Waals surface area contributed by atoms with Gasteiger partial charge in [-0.2, -0.15) is 0 Å². The molecule has 3 rings (SSSR count). The minimum absolute atomic E-state index is 0.130. The molecule has 0 aromatic heterocycles. The molecule has 0 atom stereocenters. The molecule has 1 aliphatic rings. The molecule has 2 aromatic carbocycles. The number of rotatable bonds is 2. The lowest BCUT2D eigenvalue weighted by Crippen LogP contribution is -2.05. The van der Waals surface area contributed by atoms with Crippen molar-refractivity contribution in [3.63, 3.8) is 0 Å². The Kier molecular flexibility index (Phi) is 3.54. The molecule has 0 amide bonds. The van der Waals surface area contributed by atoms with Crippen LogP contribution in [0.15, 0.2) is 59.2 Å². The standard InChI is InChI=1S/C16H9ClFNO2/c17-12-6-4-11(5-7-12)15-19-14(16(20)21-15)9-10-2-1-3-13(18)8-10/h1-9H/b14-9+. The van der Waals surface area contributed by atoms with Gasteiger partial charge in [0.15, 0.2) is 5.70 Å². The second kappa shape index (κ2) is 5.50. The normalized spacial score (nSPS) is 16.0. The van der Waals surface area contributed by atoms with Crippen molar-refractivity contribution in [3.8, 4) is 0 Å². The summed E-state index contributed by atoms with van der Waals surface area (Å²) in [5, 5.41) is 0.583. The van der Waals surface area contributed by atoms with E-state index in [2.05, 4.69) is 4.99 Å². The third-order valence-electron chi connectivity index (χ3n) is 2.86. The SMILES string of the molecule is O=C1OC(c2ccc(Cl)cc2)=N/C1=C/c1cccc(F)c1. The van der Waals surface area contributed by atoms with E-state index < -0.39 is 5.97 Å². The largest absolute Gasteiger partial charge is 0.402 e. The number of hydrogen-bond acceptors (Lipinski definition) is 3. The summed E-state index contributed by atoms with van der Waals surface area (Å²) in [5.41, 5.74) is 1.32. The lowest BCUT2D eigenvalue weighted by atomic mass is 10.2. The average molecular weight is 302 g/mol. The number of carbonyl (C=O) groups excluding carboxylic acids is 1. The van der Waals surface area contributed by atoms with Crippen LogP contribution in [0.1, 0.15) is 11.1 Å². The molecular formula is C16H9ClFNO2. The maximum absolute atomic E-state index is 13.1. The highest BCUT2D eigenvalue weighted by molar-refractivity contribution is 6.30. The van der Waals surface area contributed by atoms with Crippen molar-refractivity contribution in [2.75, 3.05) is 0 Å². The van der Waals surface area contributed by atoms with Crippen molar-refractivity contribution >= 4 is 29.5 Å². The zero-order valence-electron chi connectivity index (χ0n) is 10.7. The fourth-order valence-corrected chi connectivity index (χ4v) is 2.01. The molecule has 0 fully saturated rings. The molecule has 0 aliphatic carbocycles. The lowest BCUT2D eigenvalue weighted by molar-refractivity contribution is -0.129. The molecule has 0 N–H and O–H groups in total. The van der Waals surface area contributed by atoms with Crippen molar-refractivity contribution in [1.29, 1.82) is 0 Å². The van der Waals surface area contributed by atoms with E-state index in [0.29, 0.717) is 16.1 Å².